The van der Waals surface area contributed by atoms with Crippen molar-refractivity contribution in [2.45, 2.75) is 19.9 Å². The lowest BCUT2D eigenvalue weighted by molar-refractivity contribution is -0.126. The van der Waals surface area contributed by atoms with Crippen LogP contribution >= 0.6 is 15.9 Å². The minimum atomic E-state index is -0.409. The first-order valence-corrected chi connectivity index (χ1v) is 6.70. The zero-order chi connectivity index (χ0) is 13.3. The van der Waals surface area contributed by atoms with Crippen molar-refractivity contribution in [3.05, 3.63) is 28.2 Å². The summed E-state index contributed by atoms with van der Waals surface area (Å²) in [4.78, 5) is 13.6. The minimum absolute atomic E-state index is 0.225. The number of hydrogen-bond acceptors (Lipinski definition) is 3. The second kappa shape index (κ2) is 4.90. The quantitative estimate of drug-likeness (QED) is 0.895. The molecule has 0 spiro atoms. The molecule has 1 heterocycles. The maximum Gasteiger partial charge on any atom is 0.224 e. The molecule has 18 heavy (non-hydrogen) atoms. The maximum absolute atomic E-state index is 11.4. The van der Waals surface area contributed by atoms with Crippen molar-refractivity contribution in [2.75, 3.05) is 13.1 Å². The zero-order valence-electron chi connectivity index (χ0n) is 10.3. The molecule has 4 nitrogen and oxygen atoms in total. The van der Waals surface area contributed by atoms with Crippen molar-refractivity contribution in [2.24, 2.45) is 11.1 Å². The molecule has 1 fully saturated rings. The fraction of sp³-hybridized carbons (Fsp3) is 0.462. The lowest BCUT2D eigenvalue weighted by atomic mass is 9.89. The molecular formula is C13H17BrN2O2. The number of likely N-dealkylation sites (tertiary alicyclic amines) is 1. The maximum atomic E-state index is 11.4. The lowest BCUT2D eigenvalue weighted by Crippen LogP contribution is -2.36. The molecule has 1 unspecified atom stereocenters. The van der Waals surface area contributed by atoms with Gasteiger partial charge in [-0.3, -0.25) is 9.69 Å². The highest BCUT2D eigenvalue weighted by Crippen LogP contribution is 2.31. The third-order valence-electron chi connectivity index (χ3n) is 3.57. The second-order valence-corrected chi connectivity index (χ2v) is 6.03. The number of primary amides is 1. The zero-order valence-corrected chi connectivity index (χ0v) is 11.9. The first kappa shape index (κ1) is 13.4. The van der Waals surface area contributed by atoms with E-state index in [1.807, 2.05) is 19.1 Å². The van der Waals surface area contributed by atoms with Gasteiger partial charge in [0.05, 0.1) is 9.89 Å². The van der Waals surface area contributed by atoms with E-state index in [2.05, 4.69) is 20.8 Å². The molecule has 1 aliphatic heterocycles. The van der Waals surface area contributed by atoms with Gasteiger partial charge in [0, 0.05) is 13.1 Å². The number of halogens is 1. The summed E-state index contributed by atoms with van der Waals surface area (Å²) in [6, 6.07) is 5.46. The normalized spacial score (nSPS) is 24.3. The Balaban J connectivity index is 2.03. The molecule has 5 heteroatoms. The molecule has 0 aromatic heterocycles. The summed E-state index contributed by atoms with van der Waals surface area (Å²) in [6.07, 6.45) is 0.807. The van der Waals surface area contributed by atoms with Crippen LogP contribution in [0, 0.1) is 5.41 Å². The first-order valence-electron chi connectivity index (χ1n) is 5.90. The van der Waals surface area contributed by atoms with Gasteiger partial charge in [-0.2, -0.15) is 0 Å². The third-order valence-corrected chi connectivity index (χ3v) is 4.20. The van der Waals surface area contributed by atoms with Gasteiger partial charge >= 0.3 is 0 Å². The van der Waals surface area contributed by atoms with E-state index >= 15 is 0 Å². The summed E-state index contributed by atoms with van der Waals surface area (Å²) >= 11 is 3.30. The van der Waals surface area contributed by atoms with Crippen LogP contribution in [0.15, 0.2) is 22.7 Å². The fourth-order valence-corrected chi connectivity index (χ4v) is 2.73. The van der Waals surface area contributed by atoms with Crippen LogP contribution in [0.2, 0.25) is 0 Å². The van der Waals surface area contributed by atoms with Crippen molar-refractivity contribution >= 4 is 21.8 Å². The smallest absolute Gasteiger partial charge is 0.224 e. The van der Waals surface area contributed by atoms with Crippen molar-refractivity contribution in [3.8, 4) is 5.75 Å². The summed E-state index contributed by atoms with van der Waals surface area (Å²) in [7, 11) is 0. The van der Waals surface area contributed by atoms with Crippen LogP contribution in [0.3, 0.4) is 0 Å². The van der Waals surface area contributed by atoms with Crippen LogP contribution in [0.25, 0.3) is 0 Å². The van der Waals surface area contributed by atoms with E-state index in [0.717, 1.165) is 25.1 Å². The number of nitrogens with zero attached hydrogens (tertiary/aromatic N) is 1. The van der Waals surface area contributed by atoms with Gasteiger partial charge < -0.3 is 10.8 Å². The predicted octanol–water partition coefficient (Wildman–Crippen LogP) is 1.85. The Labute approximate surface area is 115 Å². The molecule has 0 aliphatic carbocycles. The monoisotopic (exact) mass is 312 g/mol. The molecular weight excluding hydrogens is 296 g/mol. The Kier molecular flexibility index (Phi) is 3.64. The summed E-state index contributed by atoms with van der Waals surface area (Å²) < 4.78 is 0.692. The van der Waals surface area contributed by atoms with Gasteiger partial charge in [-0.25, -0.2) is 0 Å². The van der Waals surface area contributed by atoms with Crippen molar-refractivity contribution < 1.29 is 9.90 Å². The molecule has 1 saturated heterocycles. The van der Waals surface area contributed by atoms with Gasteiger partial charge in [0.15, 0.2) is 0 Å². The summed E-state index contributed by atoms with van der Waals surface area (Å²) in [5, 5.41) is 9.44. The minimum Gasteiger partial charge on any atom is -0.507 e. The molecule has 1 atom stereocenters. The van der Waals surface area contributed by atoms with Crippen molar-refractivity contribution in [1.82, 2.24) is 4.90 Å². The van der Waals surface area contributed by atoms with Gasteiger partial charge in [-0.15, -0.1) is 0 Å². The number of rotatable bonds is 3. The highest BCUT2D eigenvalue weighted by atomic mass is 79.9. The standard InChI is InChI=1S/C13H17BrN2O2/c1-13(12(15)18)4-5-16(8-13)7-9-2-3-11(17)10(14)6-9/h2-3,6,17H,4-5,7-8H2,1H3,(H2,15,18). The Morgan fingerprint density at radius 1 is 1.61 bits per heavy atom. The van der Waals surface area contributed by atoms with Crippen LogP contribution in [0.4, 0.5) is 0 Å². The molecule has 1 aliphatic rings. The molecule has 98 valence electrons. The Morgan fingerprint density at radius 3 is 2.89 bits per heavy atom. The number of benzene rings is 1. The van der Waals surface area contributed by atoms with E-state index in [1.165, 1.54) is 0 Å². The molecule has 3 N–H and O–H groups in total. The van der Waals surface area contributed by atoms with Gasteiger partial charge in [0.2, 0.25) is 5.91 Å². The summed E-state index contributed by atoms with van der Waals surface area (Å²) in [6.45, 7) is 4.25. The van der Waals surface area contributed by atoms with Gasteiger partial charge in [0.25, 0.3) is 0 Å². The molecule has 1 aromatic rings. The highest BCUT2D eigenvalue weighted by molar-refractivity contribution is 9.10. The van der Waals surface area contributed by atoms with E-state index < -0.39 is 5.41 Å². The van der Waals surface area contributed by atoms with Crippen LogP contribution in [0.1, 0.15) is 18.9 Å². The summed E-state index contributed by atoms with van der Waals surface area (Å²) in [5.74, 6) is 0.0130. The topological polar surface area (TPSA) is 66.6 Å². The van der Waals surface area contributed by atoms with E-state index in [4.69, 9.17) is 5.73 Å². The number of hydrogen-bond donors (Lipinski definition) is 2. The van der Waals surface area contributed by atoms with E-state index in [-0.39, 0.29) is 11.7 Å². The largest absolute Gasteiger partial charge is 0.507 e. The van der Waals surface area contributed by atoms with Crippen LogP contribution < -0.4 is 5.73 Å². The second-order valence-electron chi connectivity index (χ2n) is 5.17. The molecule has 0 bridgehead atoms. The van der Waals surface area contributed by atoms with Crippen LogP contribution in [-0.2, 0) is 11.3 Å². The Bertz CT molecular complexity index is 478. The fourth-order valence-electron chi connectivity index (χ4n) is 2.30. The molecule has 1 amide bonds. The Morgan fingerprint density at radius 2 is 2.33 bits per heavy atom. The predicted molar refractivity (Wildman–Crippen MR) is 73.0 cm³/mol. The highest BCUT2D eigenvalue weighted by Gasteiger charge is 2.38. The number of aromatic hydroxyl groups is 1. The number of carbonyl (C=O) groups is 1. The number of phenols is 1. The number of amides is 1. The van der Waals surface area contributed by atoms with Gasteiger partial charge in [-0.1, -0.05) is 6.07 Å². The van der Waals surface area contributed by atoms with Crippen molar-refractivity contribution in [1.29, 1.82) is 0 Å². The Hall–Kier alpha value is -1.07. The van der Waals surface area contributed by atoms with Gasteiger partial charge in [0.1, 0.15) is 5.75 Å². The van der Waals surface area contributed by atoms with Gasteiger partial charge in [-0.05, 0) is 53.5 Å². The summed E-state index contributed by atoms with van der Waals surface area (Å²) in [5.41, 5.74) is 6.12. The first-order chi connectivity index (χ1) is 8.40. The van der Waals surface area contributed by atoms with E-state index in [1.54, 1.807) is 6.07 Å². The molecule has 2 rings (SSSR count). The molecule has 0 radical (unpaired) electrons. The lowest BCUT2D eigenvalue weighted by Gasteiger charge is -2.21. The van der Waals surface area contributed by atoms with E-state index in [0.29, 0.717) is 11.0 Å². The average Bonchev–Trinajstić information content (AvgIpc) is 2.67. The number of carbonyl (C=O) groups excluding carboxylic acids is 1. The number of nitrogens with two attached hydrogens (primary N) is 1. The van der Waals surface area contributed by atoms with Crippen LogP contribution in [0.5, 0.6) is 5.75 Å². The van der Waals surface area contributed by atoms with Crippen molar-refractivity contribution in [3.63, 3.8) is 0 Å². The number of phenolic OH excluding ortho intramolecular Hbond substituents is 1. The SMILES string of the molecule is CC1(C(N)=O)CCN(Cc2ccc(O)c(Br)c2)C1. The molecule has 1 aromatic carbocycles. The third kappa shape index (κ3) is 2.67. The van der Waals surface area contributed by atoms with E-state index in [9.17, 15) is 9.90 Å². The average molecular weight is 313 g/mol. The molecule has 0 saturated carbocycles. The van der Waals surface area contributed by atoms with Crippen LogP contribution in [-0.4, -0.2) is 29.0 Å².